The summed E-state index contributed by atoms with van der Waals surface area (Å²) in [6.45, 7) is 0.959. The molecule has 0 aromatic rings. The van der Waals surface area contributed by atoms with E-state index in [1.807, 2.05) is 0 Å². The van der Waals surface area contributed by atoms with Crippen molar-refractivity contribution < 1.29 is 0 Å². The van der Waals surface area contributed by atoms with Gasteiger partial charge in [-0.2, -0.15) is 0 Å². The lowest BCUT2D eigenvalue weighted by Crippen LogP contribution is -2.49. The first-order chi connectivity index (χ1) is 3.80. The fraction of sp³-hybridized carbons (Fsp3) is 1.00. The minimum atomic E-state index is 0. The number of hydrazine groups is 1. The normalized spacial score (nSPS) is 29.3. The first kappa shape index (κ1) is 9.17. The van der Waals surface area contributed by atoms with Gasteiger partial charge in [-0.25, -0.2) is 5.01 Å². The summed E-state index contributed by atoms with van der Waals surface area (Å²) in [4.78, 5) is 0. The summed E-state index contributed by atoms with van der Waals surface area (Å²) in [5, 5.41) is 1.71. The van der Waals surface area contributed by atoms with Crippen LogP contribution in [-0.4, -0.2) is 17.7 Å². The molecule has 1 heterocycles. The van der Waals surface area contributed by atoms with Crippen LogP contribution in [0.2, 0.25) is 0 Å². The number of hydrogen-bond donors (Lipinski definition) is 2. The van der Waals surface area contributed by atoms with Crippen molar-refractivity contribution in [2.45, 2.75) is 25.4 Å². The molecule has 0 saturated carbocycles. The van der Waals surface area contributed by atoms with E-state index >= 15 is 0 Å². The zero-order valence-corrected chi connectivity index (χ0v) is 6.23. The number of rotatable bonds is 0. The second-order valence-corrected chi connectivity index (χ2v) is 2.30. The highest BCUT2D eigenvalue weighted by Crippen LogP contribution is 2.07. The molecule has 1 saturated heterocycles. The minimum absolute atomic E-state index is 0. The molecule has 0 aromatic carbocycles. The predicted octanol–water partition coefficient (Wildman–Crippen LogP) is 0.0526. The fourth-order valence-corrected chi connectivity index (χ4v) is 0.979. The second kappa shape index (κ2) is 4.06. The van der Waals surface area contributed by atoms with Crippen molar-refractivity contribution in [2.75, 3.05) is 6.54 Å². The van der Waals surface area contributed by atoms with E-state index in [9.17, 15) is 0 Å². The molecular formula is C5H14ClN3. The highest BCUT2D eigenvalue weighted by molar-refractivity contribution is 5.85. The quantitative estimate of drug-likeness (QED) is 0.482. The number of piperidine rings is 1. The molecule has 0 aromatic heterocycles. The average molecular weight is 152 g/mol. The van der Waals surface area contributed by atoms with Gasteiger partial charge >= 0.3 is 0 Å². The highest BCUT2D eigenvalue weighted by Gasteiger charge is 2.13. The second-order valence-electron chi connectivity index (χ2n) is 2.30. The van der Waals surface area contributed by atoms with E-state index in [-0.39, 0.29) is 18.6 Å². The third kappa shape index (κ3) is 2.49. The Balaban J connectivity index is 0.000000640. The molecule has 1 fully saturated rings. The van der Waals surface area contributed by atoms with Crippen LogP contribution in [0.5, 0.6) is 0 Å². The lowest BCUT2D eigenvalue weighted by atomic mass is 10.1. The number of hydrogen-bond acceptors (Lipinski definition) is 3. The van der Waals surface area contributed by atoms with Gasteiger partial charge in [-0.1, -0.05) is 0 Å². The molecule has 0 aliphatic carbocycles. The van der Waals surface area contributed by atoms with Gasteiger partial charge in [-0.15, -0.1) is 12.4 Å². The van der Waals surface area contributed by atoms with Gasteiger partial charge in [-0.3, -0.25) is 5.84 Å². The SMILES string of the molecule is Cl.NC1CCCCN1N. The molecule has 4 N–H and O–H groups in total. The van der Waals surface area contributed by atoms with Crippen LogP contribution >= 0.6 is 12.4 Å². The smallest absolute Gasteiger partial charge is 0.0705 e. The van der Waals surface area contributed by atoms with Crippen molar-refractivity contribution in [3.05, 3.63) is 0 Å². The van der Waals surface area contributed by atoms with Gasteiger partial charge in [0.05, 0.1) is 6.17 Å². The predicted molar refractivity (Wildman–Crippen MR) is 40.0 cm³/mol. The highest BCUT2D eigenvalue weighted by atomic mass is 35.5. The summed E-state index contributed by atoms with van der Waals surface area (Å²) in [5.41, 5.74) is 5.58. The van der Waals surface area contributed by atoms with Crippen LogP contribution in [0.4, 0.5) is 0 Å². The van der Waals surface area contributed by atoms with Crippen LogP contribution in [0.3, 0.4) is 0 Å². The van der Waals surface area contributed by atoms with Crippen LogP contribution < -0.4 is 11.6 Å². The Bertz CT molecular complexity index is 68.6. The van der Waals surface area contributed by atoms with Crippen molar-refractivity contribution >= 4 is 12.4 Å². The van der Waals surface area contributed by atoms with E-state index in [0.717, 1.165) is 13.0 Å². The molecule has 1 rings (SSSR count). The molecule has 1 unspecified atom stereocenters. The molecule has 0 spiro atoms. The van der Waals surface area contributed by atoms with Gasteiger partial charge in [0.25, 0.3) is 0 Å². The number of nitrogens with two attached hydrogens (primary N) is 2. The minimum Gasteiger partial charge on any atom is -0.315 e. The lowest BCUT2D eigenvalue weighted by molar-refractivity contribution is 0.155. The van der Waals surface area contributed by atoms with Crippen LogP contribution in [0.25, 0.3) is 0 Å². The van der Waals surface area contributed by atoms with Crippen molar-refractivity contribution in [3.8, 4) is 0 Å². The van der Waals surface area contributed by atoms with E-state index in [1.54, 1.807) is 5.01 Å². The summed E-state index contributed by atoms with van der Waals surface area (Å²) >= 11 is 0. The molecule has 0 bridgehead atoms. The molecule has 9 heavy (non-hydrogen) atoms. The monoisotopic (exact) mass is 151 g/mol. The largest absolute Gasteiger partial charge is 0.315 e. The van der Waals surface area contributed by atoms with E-state index in [4.69, 9.17) is 11.6 Å². The topological polar surface area (TPSA) is 55.3 Å². The Morgan fingerprint density at radius 2 is 2.00 bits per heavy atom. The van der Waals surface area contributed by atoms with Gasteiger partial charge < -0.3 is 5.73 Å². The van der Waals surface area contributed by atoms with E-state index < -0.39 is 0 Å². The van der Waals surface area contributed by atoms with Crippen molar-refractivity contribution in [1.29, 1.82) is 0 Å². The summed E-state index contributed by atoms with van der Waals surface area (Å²) in [7, 11) is 0. The van der Waals surface area contributed by atoms with Gasteiger partial charge in [0.2, 0.25) is 0 Å². The molecule has 4 heteroatoms. The summed E-state index contributed by atoms with van der Waals surface area (Å²) in [6, 6.07) is 0. The first-order valence-corrected chi connectivity index (χ1v) is 3.07. The standard InChI is InChI=1S/C5H13N3.ClH/c6-5-3-1-2-4-8(5)7;/h5H,1-4,6-7H2;1H. The molecule has 3 nitrogen and oxygen atoms in total. The molecule has 1 atom stereocenters. The fourth-order valence-electron chi connectivity index (χ4n) is 0.979. The van der Waals surface area contributed by atoms with Gasteiger partial charge in [0, 0.05) is 6.54 Å². The molecule has 56 valence electrons. The average Bonchev–Trinajstić information content (AvgIpc) is 1.77. The van der Waals surface area contributed by atoms with Crippen molar-refractivity contribution in [2.24, 2.45) is 11.6 Å². The van der Waals surface area contributed by atoms with Crippen LogP contribution in [-0.2, 0) is 0 Å². The summed E-state index contributed by atoms with van der Waals surface area (Å²) < 4.78 is 0. The molecular weight excluding hydrogens is 138 g/mol. The first-order valence-electron chi connectivity index (χ1n) is 3.07. The van der Waals surface area contributed by atoms with E-state index in [1.165, 1.54) is 12.8 Å². The van der Waals surface area contributed by atoms with Gasteiger partial charge in [0.15, 0.2) is 0 Å². The maximum atomic E-state index is 5.58. The Morgan fingerprint density at radius 1 is 1.33 bits per heavy atom. The Morgan fingerprint density at radius 3 is 2.33 bits per heavy atom. The van der Waals surface area contributed by atoms with Crippen LogP contribution in [0, 0.1) is 0 Å². The number of halogens is 1. The zero-order chi connectivity index (χ0) is 5.98. The Hall–Kier alpha value is 0.170. The van der Waals surface area contributed by atoms with Gasteiger partial charge in [0.1, 0.15) is 0 Å². The van der Waals surface area contributed by atoms with Crippen molar-refractivity contribution in [3.63, 3.8) is 0 Å². The molecule has 1 aliphatic rings. The third-order valence-electron chi connectivity index (χ3n) is 1.59. The van der Waals surface area contributed by atoms with Crippen LogP contribution in [0.15, 0.2) is 0 Å². The third-order valence-corrected chi connectivity index (χ3v) is 1.59. The van der Waals surface area contributed by atoms with E-state index in [0.29, 0.717) is 0 Å². The molecule has 0 radical (unpaired) electrons. The molecule has 0 amide bonds. The zero-order valence-electron chi connectivity index (χ0n) is 5.42. The van der Waals surface area contributed by atoms with E-state index in [2.05, 4.69) is 0 Å². The maximum Gasteiger partial charge on any atom is 0.0705 e. The van der Waals surface area contributed by atoms with Crippen molar-refractivity contribution in [1.82, 2.24) is 5.01 Å². The van der Waals surface area contributed by atoms with Crippen LogP contribution in [0.1, 0.15) is 19.3 Å². The lowest BCUT2D eigenvalue weighted by Gasteiger charge is -2.28. The molecule has 1 aliphatic heterocycles. The Kier molecular flexibility index (Phi) is 4.14. The maximum absolute atomic E-state index is 5.58. The number of nitrogens with zero attached hydrogens (tertiary/aromatic N) is 1. The Labute approximate surface area is 61.8 Å². The summed E-state index contributed by atoms with van der Waals surface area (Å²) in [5.74, 6) is 5.49. The van der Waals surface area contributed by atoms with Gasteiger partial charge in [-0.05, 0) is 19.3 Å². The summed E-state index contributed by atoms with van der Waals surface area (Å²) in [6.07, 6.45) is 3.60.